The Kier molecular flexibility index (Phi) is 6.88. The molecule has 0 aliphatic heterocycles. The van der Waals surface area contributed by atoms with E-state index >= 15 is 0 Å². The predicted octanol–water partition coefficient (Wildman–Crippen LogP) is 4.93. The fourth-order valence-corrected chi connectivity index (χ4v) is 4.19. The van der Waals surface area contributed by atoms with Gasteiger partial charge in [-0.2, -0.15) is 11.8 Å². The maximum atomic E-state index is 13.1. The van der Waals surface area contributed by atoms with E-state index in [9.17, 15) is 4.39 Å². The summed E-state index contributed by atoms with van der Waals surface area (Å²) >= 11 is 2.10. The van der Waals surface area contributed by atoms with Crippen LogP contribution in [0.5, 0.6) is 0 Å². The highest BCUT2D eigenvalue weighted by Gasteiger charge is 2.17. The van der Waals surface area contributed by atoms with E-state index in [2.05, 4.69) is 24.0 Å². The second-order valence-electron chi connectivity index (χ2n) is 5.65. The fourth-order valence-electron chi connectivity index (χ4n) is 2.75. The van der Waals surface area contributed by atoms with Gasteiger partial charge in [-0.25, -0.2) is 4.39 Å². The Morgan fingerprint density at radius 3 is 2.55 bits per heavy atom. The van der Waals surface area contributed by atoms with Crippen molar-refractivity contribution in [1.29, 1.82) is 0 Å². The van der Waals surface area contributed by atoms with Crippen molar-refractivity contribution in [2.24, 2.45) is 0 Å². The van der Waals surface area contributed by atoms with Crippen molar-refractivity contribution in [3.8, 4) is 0 Å². The molecular formula is C17H26FNS. The van der Waals surface area contributed by atoms with Gasteiger partial charge in [0.25, 0.3) is 0 Å². The van der Waals surface area contributed by atoms with Gasteiger partial charge in [0, 0.05) is 17.0 Å². The van der Waals surface area contributed by atoms with Crippen LogP contribution in [0.1, 0.15) is 57.1 Å². The van der Waals surface area contributed by atoms with Gasteiger partial charge in [0.1, 0.15) is 5.82 Å². The first-order valence-electron chi connectivity index (χ1n) is 7.90. The molecule has 20 heavy (non-hydrogen) atoms. The molecule has 2 rings (SSSR count). The third kappa shape index (κ3) is 5.10. The van der Waals surface area contributed by atoms with Crippen LogP contribution >= 0.6 is 11.8 Å². The van der Waals surface area contributed by atoms with Gasteiger partial charge in [-0.1, -0.05) is 38.3 Å². The number of rotatable bonds is 7. The molecule has 0 aromatic heterocycles. The number of nitrogens with one attached hydrogen (secondary N) is 1. The van der Waals surface area contributed by atoms with E-state index in [-0.39, 0.29) is 5.82 Å². The van der Waals surface area contributed by atoms with Crippen LogP contribution in [-0.4, -0.2) is 17.5 Å². The van der Waals surface area contributed by atoms with Crippen molar-refractivity contribution in [1.82, 2.24) is 5.32 Å². The van der Waals surface area contributed by atoms with Crippen LogP contribution in [0.15, 0.2) is 24.3 Å². The first kappa shape index (κ1) is 15.8. The second-order valence-corrected chi connectivity index (χ2v) is 6.98. The molecule has 1 nitrogen and oxygen atoms in total. The van der Waals surface area contributed by atoms with Crippen molar-refractivity contribution >= 4 is 11.8 Å². The number of halogens is 1. The number of hydrogen-bond acceptors (Lipinski definition) is 2. The lowest BCUT2D eigenvalue weighted by Crippen LogP contribution is -2.25. The third-order valence-electron chi connectivity index (χ3n) is 3.96. The van der Waals surface area contributed by atoms with Gasteiger partial charge >= 0.3 is 0 Å². The van der Waals surface area contributed by atoms with Gasteiger partial charge in [-0.05, 0) is 43.5 Å². The molecule has 1 aliphatic carbocycles. The van der Waals surface area contributed by atoms with Crippen LogP contribution in [0, 0.1) is 5.82 Å². The van der Waals surface area contributed by atoms with E-state index in [1.807, 2.05) is 12.1 Å². The van der Waals surface area contributed by atoms with Crippen LogP contribution in [0.2, 0.25) is 0 Å². The molecule has 0 amide bonds. The highest BCUT2D eigenvalue weighted by Crippen LogP contribution is 2.31. The zero-order valence-electron chi connectivity index (χ0n) is 12.4. The predicted molar refractivity (Wildman–Crippen MR) is 86.8 cm³/mol. The SMILES string of the molecule is CCCNC(CSC1CCCCC1)c1ccc(F)cc1. The van der Waals surface area contributed by atoms with Gasteiger partial charge in [0.05, 0.1) is 0 Å². The van der Waals surface area contributed by atoms with E-state index in [0.29, 0.717) is 6.04 Å². The van der Waals surface area contributed by atoms with Gasteiger partial charge in [0.15, 0.2) is 0 Å². The standard InChI is InChI=1S/C17H26FNS/c1-2-12-19-17(14-8-10-15(18)11-9-14)13-20-16-6-4-3-5-7-16/h8-11,16-17,19H,2-7,12-13H2,1H3. The summed E-state index contributed by atoms with van der Waals surface area (Å²) in [5.74, 6) is 0.943. The summed E-state index contributed by atoms with van der Waals surface area (Å²) in [6.07, 6.45) is 8.06. The lowest BCUT2D eigenvalue weighted by atomic mass is 10.0. The Balaban J connectivity index is 1.90. The average Bonchev–Trinajstić information content (AvgIpc) is 2.50. The van der Waals surface area contributed by atoms with Crippen molar-refractivity contribution < 1.29 is 4.39 Å². The Morgan fingerprint density at radius 1 is 1.20 bits per heavy atom. The molecule has 1 unspecified atom stereocenters. The lowest BCUT2D eigenvalue weighted by molar-refractivity contribution is 0.513. The largest absolute Gasteiger partial charge is 0.309 e. The molecule has 3 heteroatoms. The number of thioether (sulfide) groups is 1. The summed E-state index contributed by atoms with van der Waals surface area (Å²) in [6, 6.07) is 7.33. The summed E-state index contributed by atoms with van der Waals surface area (Å²) in [5.41, 5.74) is 1.21. The van der Waals surface area contributed by atoms with E-state index in [4.69, 9.17) is 0 Å². The van der Waals surface area contributed by atoms with Gasteiger partial charge in [0.2, 0.25) is 0 Å². The second kappa shape index (κ2) is 8.68. The fraction of sp³-hybridized carbons (Fsp3) is 0.647. The van der Waals surface area contributed by atoms with Crippen LogP contribution in [0.25, 0.3) is 0 Å². The van der Waals surface area contributed by atoms with Crippen LogP contribution in [0.3, 0.4) is 0 Å². The number of benzene rings is 1. The summed E-state index contributed by atoms with van der Waals surface area (Å²) in [4.78, 5) is 0. The molecule has 1 fully saturated rings. The molecule has 1 aromatic rings. The topological polar surface area (TPSA) is 12.0 Å². The maximum absolute atomic E-state index is 13.1. The van der Waals surface area contributed by atoms with Gasteiger partial charge < -0.3 is 5.32 Å². The molecule has 0 bridgehead atoms. The van der Waals surface area contributed by atoms with E-state index in [1.165, 1.54) is 37.7 Å². The monoisotopic (exact) mass is 295 g/mol. The Morgan fingerprint density at radius 2 is 1.90 bits per heavy atom. The Bertz CT molecular complexity index is 373. The molecule has 1 aromatic carbocycles. The first-order chi connectivity index (χ1) is 9.79. The average molecular weight is 295 g/mol. The van der Waals surface area contributed by atoms with E-state index in [0.717, 1.165) is 24.0 Å². The van der Waals surface area contributed by atoms with E-state index in [1.54, 1.807) is 12.1 Å². The van der Waals surface area contributed by atoms with Crippen LogP contribution in [0.4, 0.5) is 4.39 Å². The summed E-state index contributed by atoms with van der Waals surface area (Å²) < 4.78 is 13.1. The molecule has 0 heterocycles. The molecule has 1 saturated carbocycles. The minimum Gasteiger partial charge on any atom is -0.309 e. The highest BCUT2D eigenvalue weighted by molar-refractivity contribution is 7.99. The molecule has 1 N–H and O–H groups in total. The number of hydrogen-bond donors (Lipinski definition) is 1. The summed E-state index contributed by atoms with van der Waals surface area (Å²) in [7, 11) is 0. The molecular weight excluding hydrogens is 269 g/mol. The Hall–Kier alpha value is -0.540. The summed E-state index contributed by atoms with van der Waals surface area (Å²) in [5, 5.41) is 4.43. The zero-order chi connectivity index (χ0) is 14.2. The first-order valence-corrected chi connectivity index (χ1v) is 8.95. The van der Waals surface area contributed by atoms with Gasteiger partial charge in [-0.15, -0.1) is 0 Å². The van der Waals surface area contributed by atoms with Crippen molar-refractivity contribution in [3.05, 3.63) is 35.6 Å². The lowest BCUT2D eigenvalue weighted by Gasteiger charge is -2.25. The molecule has 112 valence electrons. The molecule has 0 saturated heterocycles. The Labute approximate surface area is 126 Å². The molecule has 1 atom stereocenters. The van der Waals surface area contributed by atoms with Crippen molar-refractivity contribution in [2.75, 3.05) is 12.3 Å². The minimum atomic E-state index is -0.150. The van der Waals surface area contributed by atoms with E-state index < -0.39 is 0 Å². The zero-order valence-corrected chi connectivity index (χ0v) is 13.2. The molecule has 1 aliphatic rings. The molecule has 0 radical (unpaired) electrons. The highest BCUT2D eigenvalue weighted by atomic mass is 32.2. The van der Waals surface area contributed by atoms with Crippen LogP contribution < -0.4 is 5.32 Å². The maximum Gasteiger partial charge on any atom is 0.123 e. The normalized spacial score (nSPS) is 18.1. The van der Waals surface area contributed by atoms with Crippen LogP contribution in [-0.2, 0) is 0 Å². The van der Waals surface area contributed by atoms with Crippen molar-refractivity contribution in [2.45, 2.75) is 56.7 Å². The minimum absolute atomic E-state index is 0.150. The van der Waals surface area contributed by atoms with Crippen molar-refractivity contribution in [3.63, 3.8) is 0 Å². The summed E-state index contributed by atoms with van der Waals surface area (Å²) in [6.45, 7) is 3.20. The molecule has 0 spiro atoms. The van der Waals surface area contributed by atoms with Gasteiger partial charge in [-0.3, -0.25) is 0 Å². The smallest absolute Gasteiger partial charge is 0.123 e. The third-order valence-corrected chi connectivity index (χ3v) is 5.43. The quantitative estimate of drug-likeness (QED) is 0.765.